The predicted molar refractivity (Wildman–Crippen MR) is 120 cm³/mol. The third kappa shape index (κ3) is 4.12. The number of hydrogen-bond donors (Lipinski definition) is 7. The average molecular weight is 508 g/mol. The number of rotatable bonds is 6. The summed E-state index contributed by atoms with van der Waals surface area (Å²) >= 11 is 0. The second-order valence-electron chi connectivity index (χ2n) is 7.94. The molecule has 13 nitrogen and oxygen atoms in total. The van der Waals surface area contributed by atoms with Gasteiger partial charge < -0.3 is 59.1 Å². The number of hydrogen-bond acceptors (Lipinski definition) is 13. The minimum absolute atomic E-state index is 0.142. The van der Waals surface area contributed by atoms with Crippen molar-refractivity contribution in [3.8, 4) is 45.8 Å². The first-order chi connectivity index (χ1) is 17.1. The molecule has 2 heterocycles. The molecular formula is C23H24O13. The van der Waals surface area contributed by atoms with E-state index in [0.717, 1.165) is 12.1 Å². The maximum Gasteiger partial charge on any atom is 0.239 e. The van der Waals surface area contributed by atoms with Gasteiger partial charge in [0.25, 0.3) is 0 Å². The van der Waals surface area contributed by atoms with Gasteiger partial charge in [0.15, 0.2) is 28.6 Å². The second-order valence-corrected chi connectivity index (χ2v) is 7.94. The van der Waals surface area contributed by atoms with Crippen LogP contribution in [0.2, 0.25) is 0 Å². The van der Waals surface area contributed by atoms with Crippen molar-refractivity contribution in [1.29, 1.82) is 0 Å². The molecular weight excluding hydrogens is 484 g/mol. The van der Waals surface area contributed by atoms with Gasteiger partial charge in [0.05, 0.1) is 20.8 Å². The first-order valence-corrected chi connectivity index (χ1v) is 10.6. The third-order valence-corrected chi connectivity index (χ3v) is 5.76. The lowest BCUT2D eigenvalue weighted by atomic mass is 9.99. The molecule has 0 spiro atoms. The summed E-state index contributed by atoms with van der Waals surface area (Å²) in [6.07, 6.45) is -8.14. The number of methoxy groups -OCH3 is 2. The molecule has 36 heavy (non-hydrogen) atoms. The minimum atomic E-state index is -1.80. The average Bonchev–Trinajstić information content (AvgIpc) is 2.85. The zero-order valence-corrected chi connectivity index (χ0v) is 19.0. The van der Waals surface area contributed by atoms with Crippen LogP contribution in [0.4, 0.5) is 0 Å². The number of aliphatic hydroxyl groups excluding tert-OH is 4. The number of fused-ring (bicyclic) bond motifs is 1. The van der Waals surface area contributed by atoms with E-state index in [2.05, 4.69) is 0 Å². The molecule has 1 saturated heterocycles. The predicted octanol–water partition coefficient (Wildman–Crippen LogP) is -0.227. The van der Waals surface area contributed by atoms with Gasteiger partial charge in [-0.05, 0) is 18.2 Å². The van der Waals surface area contributed by atoms with Crippen LogP contribution in [0.5, 0.6) is 34.5 Å². The molecule has 2 aromatic carbocycles. The van der Waals surface area contributed by atoms with E-state index in [9.17, 15) is 40.5 Å². The smallest absolute Gasteiger partial charge is 0.239 e. The van der Waals surface area contributed by atoms with Crippen LogP contribution in [-0.2, 0) is 4.74 Å². The summed E-state index contributed by atoms with van der Waals surface area (Å²) in [6, 6.07) is 4.64. The Bertz CT molecular complexity index is 1330. The summed E-state index contributed by atoms with van der Waals surface area (Å²) in [6.45, 7) is -0.710. The Labute approximate surface area is 202 Å². The summed E-state index contributed by atoms with van der Waals surface area (Å²) in [4.78, 5) is 13.5. The molecule has 0 saturated carbocycles. The van der Waals surface area contributed by atoms with E-state index in [1.54, 1.807) is 0 Å². The summed E-state index contributed by atoms with van der Waals surface area (Å²) in [5.74, 6) is -2.56. The highest BCUT2D eigenvalue weighted by Crippen LogP contribution is 2.44. The molecule has 1 aliphatic rings. The van der Waals surface area contributed by atoms with Gasteiger partial charge in [0.2, 0.25) is 23.2 Å². The van der Waals surface area contributed by atoms with Crippen molar-refractivity contribution in [2.24, 2.45) is 0 Å². The number of phenols is 3. The molecule has 0 radical (unpaired) electrons. The molecule has 2 unspecified atom stereocenters. The molecule has 13 heteroatoms. The molecule has 0 aliphatic carbocycles. The van der Waals surface area contributed by atoms with Gasteiger partial charge in [-0.3, -0.25) is 4.79 Å². The lowest BCUT2D eigenvalue weighted by Crippen LogP contribution is -2.60. The Kier molecular flexibility index (Phi) is 6.84. The van der Waals surface area contributed by atoms with Crippen molar-refractivity contribution in [3.63, 3.8) is 0 Å². The Morgan fingerprint density at radius 3 is 2.19 bits per heavy atom. The maximum atomic E-state index is 13.5. The molecule has 1 fully saturated rings. The standard InChI is InChI=1S/C23H24O13/c1-32-20-11(27)6-12(34-23-18(31)17(30)15(28)13(7-24)35-23)14-16(29)22(33-2)19(36-21(14)20)8-3-4-9(25)10(26)5-8/h3-6,13,15,17-18,23-28,30-31H,7H2,1-2H3/t13?,15-,17+,18?,23-/m1/s1. The van der Waals surface area contributed by atoms with E-state index >= 15 is 0 Å². The Morgan fingerprint density at radius 2 is 1.58 bits per heavy atom. The first-order valence-electron chi connectivity index (χ1n) is 10.6. The van der Waals surface area contributed by atoms with E-state index in [0.29, 0.717) is 0 Å². The van der Waals surface area contributed by atoms with Crippen molar-refractivity contribution in [2.75, 3.05) is 20.8 Å². The van der Waals surface area contributed by atoms with E-state index < -0.39 is 60.0 Å². The summed E-state index contributed by atoms with van der Waals surface area (Å²) in [7, 11) is 2.40. The SMILES string of the molecule is COc1c(-c2ccc(O)c(O)c2)oc2c(OC)c(O)cc(O[C@@H]3OC(CO)[C@@H](O)[C@H](O)C3O)c2c1=O. The molecule has 4 rings (SSSR count). The largest absolute Gasteiger partial charge is 0.504 e. The van der Waals surface area contributed by atoms with Crippen LogP contribution in [0.25, 0.3) is 22.3 Å². The highest BCUT2D eigenvalue weighted by atomic mass is 16.7. The minimum Gasteiger partial charge on any atom is -0.504 e. The zero-order valence-electron chi connectivity index (χ0n) is 19.0. The van der Waals surface area contributed by atoms with Crippen LogP contribution in [0.1, 0.15) is 0 Å². The van der Waals surface area contributed by atoms with Crippen LogP contribution in [0, 0.1) is 0 Å². The fourth-order valence-corrected chi connectivity index (χ4v) is 3.90. The summed E-state index contributed by atoms with van der Waals surface area (Å²) in [5.41, 5.74) is -0.965. The van der Waals surface area contributed by atoms with E-state index in [1.807, 2.05) is 0 Å². The van der Waals surface area contributed by atoms with Gasteiger partial charge in [-0.2, -0.15) is 0 Å². The fraction of sp³-hybridized carbons (Fsp3) is 0.348. The fourth-order valence-electron chi connectivity index (χ4n) is 3.90. The lowest BCUT2D eigenvalue weighted by molar-refractivity contribution is -0.277. The normalized spacial score (nSPS) is 24.0. The van der Waals surface area contributed by atoms with Gasteiger partial charge in [-0.15, -0.1) is 0 Å². The Morgan fingerprint density at radius 1 is 0.889 bits per heavy atom. The lowest BCUT2D eigenvalue weighted by Gasteiger charge is -2.39. The van der Waals surface area contributed by atoms with Crippen LogP contribution in [0.15, 0.2) is 33.5 Å². The molecule has 194 valence electrons. The summed E-state index contributed by atoms with van der Waals surface area (Å²) < 4.78 is 27.3. The van der Waals surface area contributed by atoms with Crippen molar-refractivity contribution in [3.05, 3.63) is 34.5 Å². The second kappa shape index (κ2) is 9.72. The Hall–Kier alpha value is -3.75. The van der Waals surface area contributed by atoms with Crippen LogP contribution in [0.3, 0.4) is 0 Å². The molecule has 0 amide bonds. The molecule has 0 bridgehead atoms. The molecule has 3 aromatic rings. The van der Waals surface area contributed by atoms with Crippen LogP contribution >= 0.6 is 0 Å². The highest BCUT2D eigenvalue weighted by Gasteiger charge is 2.45. The van der Waals surface area contributed by atoms with Gasteiger partial charge in [0.1, 0.15) is 35.6 Å². The van der Waals surface area contributed by atoms with Crippen molar-refractivity contribution in [1.82, 2.24) is 0 Å². The van der Waals surface area contributed by atoms with E-state index in [1.165, 1.54) is 26.4 Å². The number of aliphatic hydroxyl groups is 4. The number of benzene rings is 2. The van der Waals surface area contributed by atoms with Crippen LogP contribution < -0.4 is 19.6 Å². The molecule has 1 aliphatic heterocycles. The topological polar surface area (TPSA) is 209 Å². The van der Waals surface area contributed by atoms with E-state index in [4.69, 9.17) is 23.4 Å². The van der Waals surface area contributed by atoms with Crippen LogP contribution in [-0.4, -0.2) is 87.3 Å². The highest BCUT2D eigenvalue weighted by molar-refractivity contribution is 5.93. The van der Waals surface area contributed by atoms with Gasteiger partial charge in [-0.25, -0.2) is 0 Å². The Balaban J connectivity index is 1.92. The van der Waals surface area contributed by atoms with Gasteiger partial charge in [0, 0.05) is 11.6 Å². The number of ether oxygens (including phenoxy) is 4. The number of phenolic OH excluding ortho intramolecular Hbond substituents is 3. The monoisotopic (exact) mass is 508 g/mol. The maximum absolute atomic E-state index is 13.5. The quantitative estimate of drug-likeness (QED) is 0.215. The van der Waals surface area contributed by atoms with Gasteiger partial charge in [-0.1, -0.05) is 0 Å². The number of aromatic hydroxyl groups is 3. The summed E-state index contributed by atoms with van der Waals surface area (Å²) in [5, 5.41) is 69.6. The third-order valence-electron chi connectivity index (χ3n) is 5.76. The zero-order chi connectivity index (χ0) is 26.3. The molecule has 1 aromatic heterocycles. The van der Waals surface area contributed by atoms with Crippen molar-refractivity contribution in [2.45, 2.75) is 30.7 Å². The molecule has 5 atom stereocenters. The van der Waals surface area contributed by atoms with E-state index in [-0.39, 0.29) is 39.5 Å². The van der Waals surface area contributed by atoms with Gasteiger partial charge >= 0.3 is 0 Å². The van der Waals surface area contributed by atoms with Crippen molar-refractivity contribution >= 4 is 11.0 Å². The molecule has 7 N–H and O–H groups in total. The first kappa shape index (κ1) is 25.3. The van der Waals surface area contributed by atoms with Crippen molar-refractivity contribution < 1.29 is 59.1 Å².